The van der Waals surface area contributed by atoms with E-state index in [4.69, 9.17) is 15.1 Å². The highest BCUT2D eigenvalue weighted by atomic mass is 16.5. The number of benzene rings is 1. The lowest BCUT2D eigenvalue weighted by Crippen LogP contribution is -2.46. The summed E-state index contributed by atoms with van der Waals surface area (Å²) < 4.78 is 5.32. The summed E-state index contributed by atoms with van der Waals surface area (Å²) in [6, 6.07) is 9.08. The fraction of sp³-hybridized carbons (Fsp3) is 0.385. The summed E-state index contributed by atoms with van der Waals surface area (Å²) in [6.45, 7) is 1.69. The summed E-state index contributed by atoms with van der Waals surface area (Å²) >= 11 is 0. The van der Waals surface area contributed by atoms with E-state index >= 15 is 0 Å². The Morgan fingerprint density at radius 3 is 2.83 bits per heavy atom. The molecule has 1 aliphatic heterocycles. The highest BCUT2D eigenvalue weighted by Crippen LogP contribution is 2.21. The molecule has 1 aliphatic rings. The molecule has 1 saturated heterocycles. The van der Waals surface area contributed by atoms with Crippen LogP contribution in [0.1, 0.15) is 12.0 Å². The van der Waals surface area contributed by atoms with Crippen LogP contribution in [0.3, 0.4) is 0 Å². The number of ether oxygens (including phenoxy) is 1. The number of anilines is 1. The van der Waals surface area contributed by atoms with Crippen molar-refractivity contribution in [1.82, 2.24) is 0 Å². The minimum absolute atomic E-state index is 0.0556. The first-order valence-corrected chi connectivity index (χ1v) is 5.77. The number of aliphatic carboxylic acids is 1. The van der Waals surface area contributed by atoms with Crippen LogP contribution in [-0.4, -0.2) is 36.9 Å². The number of hydrogen-bond donors (Lipinski definition) is 1. The molecule has 18 heavy (non-hydrogen) atoms. The molecule has 0 aliphatic carbocycles. The van der Waals surface area contributed by atoms with Crippen molar-refractivity contribution in [2.45, 2.75) is 12.5 Å². The van der Waals surface area contributed by atoms with Crippen molar-refractivity contribution in [1.29, 1.82) is 5.26 Å². The van der Waals surface area contributed by atoms with E-state index in [-0.39, 0.29) is 12.5 Å². The SMILES string of the molecule is N#Cc1ccc(N2CCOCC2CC(=O)O)cc1. The Kier molecular flexibility index (Phi) is 3.80. The van der Waals surface area contributed by atoms with Crippen LogP contribution in [0, 0.1) is 11.3 Å². The van der Waals surface area contributed by atoms with Gasteiger partial charge in [0.15, 0.2) is 0 Å². The number of carboxylic acids is 1. The summed E-state index contributed by atoms with van der Waals surface area (Å²) in [5, 5.41) is 17.6. The Bertz CT molecular complexity index is 464. The van der Waals surface area contributed by atoms with E-state index in [0.717, 1.165) is 5.69 Å². The Labute approximate surface area is 105 Å². The lowest BCUT2D eigenvalue weighted by atomic mass is 10.1. The second-order valence-corrected chi connectivity index (χ2v) is 4.18. The van der Waals surface area contributed by atoms with Gasteiger partial charge < -0.3 is 14.7 Å². The van der Waals surface area contributed by atoms with E-state index in [2.05, 4.69) is 6.07 Å². The van der Waals surface area contributed by atoms with Crippen molar-refractivity contribution in [3.05, 3.63) is 29.8 Å². The zero-order chi connectivity index (χ0) is 13.0. The second kappa shape index (κ2) is 5.52. The van der Waals surface area contributed by atoms with Gasteiger partial charge in [0.2, 0.25) is 0 Å². The molecule has 94 valence electrons. The number of carboxylic acid groups (broad SMARTS) is 1. The van der Waals surface area contributed by atoms with E-state index in [0.29, 0.717) is 25.3 Å². The van der Waals surface area contributed by atoms with Gasteiger partial charge in [0, 0.05) is 12.2 Å². The topological polar surface area (TPSA) is 73.6 Å². The Morgan fingerprint density at radius 1 is 1.50 bits per heavy atom. The molecule has 1 unspecified atom stereocenters. The minimum atomic E-state index is -0.829. The van der Waals surface area contributed by atoms with Gasteiger partial charge in [-0.25, -0.2) is 0 Å². The van der Waals surface area contributed by atoms with Crippen molar-refractivity contribution >= 4 is 11.7 Å². The van der Waals surface area contributed by atoms with Gasteiger partial charge in [0.25, 0.3) is 0 Å². The maximum absolute atomic E-state index is 10.8. The number of rotatable bonds is 3. The van der Waals surface area contributed by atoms with Gasteiger partial charge in [-0.3, -0.25) is 4.79 Å². The Hall–Kier alpha value is -2.06. The van der Waals surface area contributed by atoms with E-state index in [1.807, 2.05) is 17.0 Å². The predicted molar refractivity (Wildman–Crippen MR) is 65.4 cm³/mol. The molecule has 1 atom stereocenters. The Balaban J connectivity index is 2.17. The van der Waals surface area contributed by atoms with Crippen molar-refractivity contribution in [2.24, 2.45) is 0 Å². The second-order valence-electron chi connectivity index (χ2n) is 4.18. The highest BCUT2D eigenvalue weighted by Gasteiger charge is 2.25. The Morgan fingerprint density at radius 2 is 2.22 bits per heavy atom. The molecule has 1 N–H and O–H groups in total. The molecule has 2 rings (SSSR count). The summed E-state index contributed by atoms with van der Waals surface area (Å²) in [4.78, 5) is 12.8. The third-order valence-corrected chi connectivity index (χ3v) is 2.97. The molecule has 1 aromatic rings. The van der Waals surface area contributed by atoms with Crippen molar-refractivity contribution < 1.29 is 14.6 Å². The molecule has 0 saturated carbocycles. The minimum Gasteiger partial charge on any atom is -0.481 e. The van der Waals surface area contributed by atoms with Crippen molar-refractivity contribution in [2.75, 3.05) is 24.7 Å². The number of hydrogen-bond acceptors (Lipinski definition) is 4. The van der Waals surface area contributed by atoms with Gasteiger partial charge in [-0.2, -0.15) is 5.26 Å². The first kappa shape index (κ1) is 12.4. The van der Waals surface area contributed by atoms with Gasteiger partial charge in [-0.1, -0.05) is 0 Å². The van der Waals surface area contributed by atoms with Crippen LogP contribution in [0.25, 0.3) is 0 Å². The zero-order valence-corrected chi connectivity index (χ0v) is 9.87. The quantitative estimate of drug-likeness (QED) is 0.868. The molecule has 0 bridgehead atoms. The summed E-state index contributed by atoms with van der Waals surface area (Å²) in [5.74, 6) is -0.829. The van der Waals surface area contributed by atoms with Crippen LogP contribution in [0.5, 0.6) is 0 Å². The van der Waals surface area contributed by atoms with Crippen LogP contribution < -0.4 is 4.90 Å². The highest BCUT2D eigenvalue weighted by molar-refractivity contribution is 5.68. The number of nitrogens with zero attached hydrogens (tertiary/aromatic N) is 2. The van der Waals surface area contributed by atoms with Gasteiger partial charge in [0.05, 0.1) is 37.3 Å². The molecule has 0 aromatic heterocycles. The standard InChI is InChI=1S/C13H14N2O3/c14-8-10-1-3-11(4-2-10)15-5-6-18-9-12(15)7-13(16)17/h1-4,12H,5-7,9H2,(H,16,17). The summed E-state index contributed by atoms with van der Waals surface area (Å²) in [6.07, 6.45) is 0.0556. The van der Waals surface area contributed by atoms with Crippen LogP contribution in [0.4, 0.5) is 5.69 Å². The third-order valence-electron chi connectivity index (χ3n) is 2.97. The first-order valence-electron chi connectivity index (χ1n) is 5.77. The predicted octanol–water partition coefficient (Wildman–Crippen LogP) is 1.24. The van der Waals surface area contributed by atoms with E-state index in [1.54, 1.807) is 12.1 Å². The lowest BCUT2D eigenvalue weighted by molar-refractivity contribution is -0.138. The van der Waals surface area contributed by atoms with Crippen LogP contribution in [0.15, 0.2) is 24.3 Å². The largest absolute Gasteiger partial charge is 0.481 e. The van der Waals surface area contributed by atoms with Gasteiger partial charge >= 0.3 is 5.97 Å². The number of morpholine rings is 1. The van der Waals surface area contributed by atoms with Crippen molar-refractivity contribution in [3.63, 3.8) is 0 Å². The van der Waals surface area contributed by atoms with Gasteiger partial charge in [-0.15, -0.1) is 0 Å². The maximum Gasteiger partial charge on any atom is 0.305 e. The molecule has 1 fully saturated rings. The maximum atomic E-state index is 10.8. The lowest BCUT2D eigenvalue weighted by Gasteiger charge is -2.36. The molecule has 0 radical (unpaired) electrons. The van der Waals surface area contributed by atoms with Crippen molar-refractivity contribution in [3.8, 4) is 6.07 Å². The number of carbonyl (C=O) groups is 1. The van der Waals surface area contributed by atoms with Crippen LogP contribution in [-0.2, 0) is 9.53 Å². The van der Waals surface area contributed by atoms with E-state index in [9.17, 15) is 4.79 Å². The van der Waals surface area contributed by atoms with Gasteiger partial charge in [-0.05, 0) is 24.3 Å². The molecule has 1 aromatic carbocycles. The fourth-order valence-electron chi connectivity index (χ4n) is 2.09. The molecule has 1 heterocycles. The van der Waals surface area contributed by atoms with E-state index in [1.165, 1.54) is 0 Å². The smallest absolute Gasteiger partial charge is 0.305 e. The molecule has 5 heteroatoms. The summed E-state index contributed by atoms with van der Waals surface area (Å²) in [5.41, 5.74) is 1.53. The normalized spacial score (nSPS) is 19.3. The third kappa shape index (κ3) is 2.79. The fourth-order valence-corrected chi connectivity index (χ4v) is 2.09. The van der Waals surface area contributed by atoms with E-state index < -0.39 is 5.97 Å². The average Bonchev–Trinajstić information content (AvgIpc) is 2.39. The molecular formula is C13H14N2O3. The zero-order valence-electron chi connectivity index (χ0n) is 9.87. The monoisotopic (exact) mass is 246 g/mol. The first-order chi connectivity index (χ1) is 8.70. The average molecular weight is 246 g/mol. The molecule has 0 spiro atoms. The van der Waals surface area contributed by atoms with Crippen LogP contribution >= 0.6 is 0 Å². The molecule has 0 amide bonds. The number of nitriles is 1. The van der Waals surface area contributed by atoms with Gasteiger partial charge in [0.1, 0.15) is 0 Å². The molecule has 5 nitrogen and oxygen atoms in total. The summed E-state index contributed by atoms with van der Waals surface area (Å²) in [7, 11) is 0. The molecular weight excluding hydrogens is 232 g/mol. The van der Waals surface area contributed by atoms with Crippen LogP contribution in [0.2, 0.25) is 0 Å².